The summed E-state index contributed by atoms with van der Waals surface area (Å²) in [5, 5.41) is 14.2. The Morgan fingerprint density at radius 2 is 2.19 bits per heavy atom. The standard InChI is InChI=1S/C12H14ClN3O4S/c13-9-5-7(11(14)16-18)1-2-10(9)15-12(17)8-3-4-21(19,20)6-8/h1-2,5,8,18H,3-4,6H2,(H2,14,16)(H,15,17). The molecule has 1 fully saturated rings. The predicted molar refractivity (Wildman–Crippen MR) is 79.4 cm³/mol. The Hall–Kier alpha value is -1.80. The quantitative estimate of drug-likeness (QED) is 0.327. The van der Waals surface area contributed by atoms with Crippen LogP contribution in [-0.2, 0) is 14.6 Å². The van der Waals surface area contributed by atoms with Crippen molar-refractivity contribution in [1.29, 1.82) is 0 Å². The van der Waals surface area contributed by atoms with Crippen LogP contribution >= 0.6 is 11.6 Å². The first-order valence-corrected chi connectivity index (χ1v) is 8.31. The lowest BCUT2D eigenvalue weighted by Gasteiger charge is -2.11. The number of hydrogen-bond donors (Lipinski definition) is 3. The van der Waals surface area contributed by atoms with E-state index in [-0.39, 0.29) is 28.3 Å². The van der Waals surface area contributed by atoms with Crippen molar-refractivity contribution in [2.24, 2.45) is 16.8 Å². The van der Waals surface area contributed by atoms with Crippen LogP contribution in [0.25, 0.3) is 0 Å². The van der Waals surface area contributed by atoms with E-state index in [2.05, 4.69) is 10.5 Å². The van der Waals surface area contributed by atoms with Gasteiger partial charge in [0, 0.05) is 5.56 Å². The number of amidine groups is 1. The molecule has 1 unspecified atom stereocenters. The third kappa shape index (κ3) is 3.64. The average Bonchev–Trinajstić information content (AvgIpc) is 2.80. The molecule has 9 heteroatoms. The van der Waals surface area contributed by atoms with Crippen LogP contribution in [-0.4, -0.2) is 36.9 Å². The Morgan fingerprint density at radius 1 is 1.48 bits per heavy atom. The van der Waals surface area contributed by atoms with E-state index in [1.165, 1.54) is 18.2 Å². The second kappa shape index (κ2) is 5.90. The molecule has 1 aliphatic heterocycles. The van der Waals surface area contributed by atoms with Crippen LogP contribution in [0.1, 0.15) is 12.0 Å². The summed E-state index contributed by atoms with van der Waals surface area (Å²) in [6.07, 6.45) is 0.313. The first-order valence-electron chi connectivity index (χ1n) is 6.11. The molecule has 1 aliphatic rings. The largest absolute Gasteiger partial charge is 0.409 e. The zero-order valence-electron chi connectivity index (χ0n) is 10.9. The van der Waals surface area contributed by atoms with Crippen molar-refractivity contribution in [2.75, 3.05) is 16.8 Å². The van der Waals surface area contributed by atoms with Crippen LogP contribution < -0.4 is 11.1 Å². The number of halogens is 1. The van der Waals surface area contributed by atoms with E-state index in [0.717, 1.165) is 0 Å². The first kappa shape index (κ1) is 15.6. The smallest absolute Gasteiger partial charge is 0.228 e. The van der Waals surface area contributed by atoms with Crippen molar-refractivity contribution in [3.05, 3.63) is 28.8 Å². The number of hydrogen-bond acceptors (Lipinski definition) is 5. The fourth-order valence-corrected chi connectivity index (χ4v) is 4.04. The Balaban J connectivity index is 2.12. The highest BCUT2D eigenvalue weighted by molar-refractivity contribution is 7.91. The number of benzene rings is 1. The molecule has 0 bridgehead atoms. The SMILES string of the molecule is N/C(=N/O)c1ccc(NC(=O)C2CCS(=O)(=O)C2)c(Cl)c1. The molecule has 1 atom stereocenters. The number of carbonyl (C=O) groups excluding carboxylic acids is 1. The van der Waals surface area contributed by atoms with Crippen LogP contribution in [0.2, 0.25) is 5.02 Å². The van der Waals surface area contributed by atoms with Gasteiger partial charge in [-0.3, -0.25) is 4.79 Å². The zero-order chi connectivity index (χ0) is 15.6. The number of anilines is 1. The minimum absolute atomic E-state index is 0.0290. The summed E-state index contributed by atoms with van der Waals surface area (Å²) >= 11 is 6.01. The van der Waals surface area contributed by atoms with E-state index in [9.17, 15) is 13.2 Å². The normalized spacial score (nSPS) is 21.2. The molecule has 1 aromatic rings. The van der Waals surface area contributed by atoms with Crippen LogP contribution in [0.5, 0.6) is 0 Å². The Morgan fingerprint density at radius 3 is 2.71 bits per heavy atom. The second-order valence-corrected chi connectivity index (χ2v) is 7.40. The van der Waals surface area contributed by atoms with Crippen LogP contribution in [0.4, 0.5) is 5.69 Å². The summed E-state index contributed by atoms with van der Waals surface area (Å²) in [7, 11) is -3.12. The molecule has 114 valence electrons. The third-order valence-electron chi connectivity index (χ3n) is 3.23. The fourth-order valence-electron chi connectivity index (χ4n) is 2.07. The Labute approximate surface area is 126 Å². The lowest BCUT2D eigenvalue weighted by molar-refractivity contribution is -0.119. The number of nitrogens with two attached hydrogens (primary N) is 1. The molecule has 0 aromatic heterocycles. The zero-order valence-corrected chi connectivity index (χ0v) is 12.5. The van der Waals surface area contributed by atoms with Crippen molar-refractivity contribution in [2.45, 2.75) is 6.42 Å². The van der Waals surface area contributed by atoms with Gasteiger partial charge in [-0.25, -0.2) is 8.42 Å². The molecule has 21 heavy (non-hydrogen) atoms. The molecule has 4 N–H and O–H groups in total. The van der Waals surface area contributed by atoms with Crippen molar-refractivity contribution >= 4 is 38.9 Å². The van der Waals surface area contributed by atoms with E-state index in [4.69, 9.17) is 22.5 Å². The van der Waals surface area contributed by atoms with Crippen LogP contribution in [0.15, 0.2) is 23.4 Å². The Bertz CT molecular complexity index is 702. The molecule has 0 spiro atoms. The van der Waals surface area contributed by atoms with Gasteiger partial charge in [0.1, 0.15) is 0 Å². The van der Waals surface area contributed by atoms with E-state index >= 15 is 0 Å². The molecule has 1 amide bonds. The number of amides is 1. The Kier molecular flexibility index (Phi) is 4.38. The molecular formula is C12H14ClN3O4S. The highest BCUT2D eigenvalue weighted by Gasteiger charge is 2.33. The maximum absolute atomic E-state index is 12.0. The predicted octanol–water partition coefficient (Wildman–Crippen LogP) is 0.808. The molecule has 0 saturated carbocycles. The van der Waals surface area contributed by atoms with Gasteiger partial charge in [0.25, 0.3) is 0 Å². The number of carbonyl (C=O) groups is 1. The summed E-state index contributed by atoms with van der Waals surface area (Å²) in [4.78, 5) is 12.0. The van der Waals surface area contributed by atoms with Crippen molar-refractivity contribution in [3.8, 4) is 0 Å². The monoisotopic (exact) mass is 331 g/mol. The molecule has 0 radical (unpaired) electrons. The lowest BCUT2D eigenvalue weighted by atomic mass is 10.1. The van der Waals surface area contributed by atoms with Gasteiger partial charge in [0.05, 0.1) is 28.1 Å². The number of nitrogens with one attached hydrogen (secondary N) is 1. The average molecular weight is 332 g/mol. The van der Waals surface area contributed by atoms with Crippen molar-refractivity contribution in [3.63, 3.8) is 0 Å². The molecular weight excluding hydrogens is 318 g/mol. The van der Waals surface area contributed by atoms with Gasteiger partial charge in [0.2, 0.25) is 5.91 Å². The summed E-state index contributed by atoms with van der Waals surface area (Å²) < 4.78 is 22.7. The minimum atomic E-state index is -3.12. The van der Waals surface area contributed by atoms with E-state index in [1.807, 2.05) is 0 Å². The molecule has 2 rings (SSSR count). The number of oxime groups is 1. The molecule has 7 nitrogen and oxygen atoms in total. The fraction of sp³-hybridized carbons (Fsp3) is 0.333. The van der Waals surface area contributed by atoms with Gasteiger partial charge in [0.15, 0.2) is 15.7 Å². The maximum Gasteiger partial charge on any atom is 0.228 e. The van der Waals surface area contributed by atoms with Gasteiger partial charge >= 0.3 is 0 Å². The highest BCUT2D eigenvalue weighted by Crippen LogP contribution is 2.25. The highest BCUT2D eigenvalue weighted by atomic mass is 35.5. The minimum Gasteiger partial charge on any atom is -0.409 e. The van der Waals surface area contributed by atoms with Gasteiger partial charge in [-0.1, -0.05) is 16.8 Å². The van der Waals surface area contributed by atoms with Crippen LogP contribution in [0.3, 0.4) is 0 Å². The van der Waals surface area contributed by atoms with Crippen molar-refractivity contribution < 1.29 is 18.4 Å². The van der Waals surface area contributed by atoms with Gasteiger partial charge in [-0.2, -0.15) is 0 Å². The maximum atomic E-state index is 12.0. The summed E-state index contributed by atoms with van der Waals surface area (Å²) in [6, 6.07) is 4.48. The van der Waals surface area contributed by atoms with E-state index in [1.54, 1.807) is 0 Å². The number of nitrogens with zero attached hydrogens (tertiary/aromatic N) is 1. The molecule has 1 saturated heterocycles. The van der Waals surface area contributed by atoms with E-state index < -0.39 is 15.8 Å². The summed E-state index contributed by atoms with van der Waals surface area (Å²) in [5.41, 5.74) is 6.19. The summed E-state index contributed by atoms with van der Waals surface area (Å²) in [5.74, 6) is -1.15. The topological polar surface area (TPSA) is 122 Å². The lowest BCUT2D eigenvalue weighted by Crippen LogP contribution is -2.24. The third-order valence-corrected chi connectivity index (χ3v) is 5.31. The first-order chi connectivity index (χ1) is 9.82. The summed E-state index contributed by atoms with van der Waals surface area (Å²) in [6.45, 7) is 0. The van der Waals surface area contributed by atoms with E-state index in [0.29, 0.717) is 17.7 Å². The van der Waals surface area contributed by atoms with Crippen LogP contribution in [0, 0.1) is 5.92 Å². The van der Waals surface area contributed by atoms with Gasteiger partial charge in [-0.15, -0.1) is 0 Å². The molecule has 0 aliphatic carbocycles. The van der Waals surface area contributed by atoms with Gasteiger partial charge in [-0.05, 0) is 24.6 Å². The number of sulfone groups is 1. The molecule has 1 heterocycles. The second-order valence-electron chi connectivity index (χ2n) is 4.77. The van der Waals surface area contributed by atoms with Gasteiger partial charge < -0.3 is 16.3 Å². The number of rotatable bonds is 3. The molecule has 1 aromatic carbocycles. The van der Waals surface area contributed by atoms with Crippen molar-refractivity contribution in [1.82, 2.24) is 0 Å².